The van der Waals surface area contributed by atoms with Crippen molar-refractivity contribution in [3.05, 3.63) is 82.7 Å². The maximum Gasteiger partial charge on any atom is 0.416 e. The first-order valence-corrected chi connectivity index (χ1v) is 9.55. The quantitative estimate of drug-likeness (QED) is 0.438. The van der Waals surface area contributed by atoms with Crippen LogP contribution in [0.4, 0.5) is 18.9 Å². The second-order valence-corrected chi connectivity index (χ2v) is 6.95. The minimum atomic E-state index is -4.44. The molecule has 0 radical (unpaired) electrons. The molecule has 0 aliphatic rings. The van der Waals surface area contributed by atoms with Crippen molar-refractivity contribution in [2.24, 2.45) is 5.10 Å². The molecule has 31 heavy (non-hydrogen) atoms. The van der Waals surface area contributed by atoms with E-state index in [1.807, 2.05) is 48.9 Å². The Labute approximate surface area is 177 Å². The summed E-state index contributed by atoms with van der Waals surface area (Å²) in [5, 5.41) is 11.1. The topological polar surface area (TPSA) is 71.3 Å². The van der Waals surface area contributed by atoms with E-state index in [-0.39, 0.29) is 12.2 Å². The van der Waals surface area contributed by atoms with Gasteiger partial charge in [-0.05, 0) is 37.6 Å². The van der Waals surface area contributed by atoms with E-state index in [4.69, 9.17) is 0 Å². The molecule has 0 saturated heterocycles. The molecule has 1 heterocycles. The van der Waals surface area contributed by atoms with E-state index < -0.39 is 17.6 Å². The molecule has 6 nitrogen and oxygen atoms in total. The number of halogens is 3. The van der Waals surface area contributed by atoms with Crippen LogP contribution in [0.1, 0.15) is 28.1 Å². The van der Waals surface area contributed by atoms with Gasteiger partial charge in [-0.3, -0.25) is 9.48 Å². The number of amides is 1. The molecule has 3 aromatic rings. The fourth-order valence-electron chi connectivity index (χ4n) is 3.00. The minimum absolute atomic E-state index is 0.197. The van der Waals surface area contributed by atoms with Gasteiger partial charge in [-0.25, -0.2) is 5.43 Å². The fourth-order valence-corrected chi connectivity index (χ4v) is 3.00. The lowest BCUT2D eigenvalue weighted by atomic mass is 10.2. The Morgan fingerprint density at radius 1 is 1.13 bits per heavy atom. The average Bonchev–Trinajstić information content (AvgIpc) is 3.00. The Morgan fingerprint density at radius 3 is 2.58 bits per heavy atom. The predicted molar refractivity (Wildman–Crippen MR) is 113 cm³/mol. The molecule has 0 atom stereocenters. The Balaban J connectivity index is 1.56. The summed E-state index contributed by atoms with van der Waals surface area (Å²) in [6.45, 7) is 4.17. The molecule has 9 heteroatoms. The molecule has 0 fully saturated rings. The highest BCUT2D eigenvalue weighted by atomic mass is 19.4. The minimum Gasteiger partial charge on any atom is -0.376 e. The lowest BCUT2D eigenvalue weighted by molar-refractivity contribution is -0.137. The summed E-state index contributed by atoms with van der Waals surface area (Å²) >= 11 is 0. The molecule has 2 N–H and O–H groups in total. The van der Waals surface area contributed by atoms with Crippen molar-refractivity contribution >= 4 is 17.8 Å². The highest BCUT2D eigenvalue weighted by Gasteiger charge is 2.30. The summed E-state index contributed by atoms with van der Waals surface area (Å²) in [5.41, 5.74) is 5.37. The summed E-state index contributed by atoms with van der Waals surface area (Å²) in [5.74, 6) is -0.486. The van der Waals surface area contributed by atoms with Gasteiger partial charge in [0.15, 0.2) is 0 Å². The Bertz CT molecular complexity index is 1070. The zero-order valence-corrected chi connectivity index (χ0v) is 17.1. The van der Waals surface area contributed by atoms with Crippen LogP contribution in [0.15, 0.2) is 59.7 Å². The summed E-state index contributed by atoms with van der Waals surface area (Å²) in [6, 6.07) is 14.6. The SMILES string of the molecule is Cc1nn(Cc2ccccc2)c(C)c1/C=N\NC(=O)CNc1cccc(C(F)(F)F)c1. The molecule has 0 saturated carbocycles. The second kappa shape index (κ2) is 9.46. The lowest BCUT2D eigenvalue weighted by Gasteiger charge is -2.10. The number of alkyl halides is 3. The fraction of sp³-hybridized carbons (Fsp3) is 0.227. The molecule has 0 aliphatic carbocycles. The Morgan fingerprint density at radius 2 is 1.87 bits per heavy atom. The van der Waals surface area contributed by atoms with E-state index in [0.717, 1.165) is 34.6 Å². The number of aryl methyl sites for hydroxylation is 1. The van der Waals surface area contributed by atoms with E-state index in [1.165, 1.54) is 18.3 Å². The van der Waals surface area contributed by atoms with E-state index in [1.54, 1.807) is 0 Å². The van der Waals surface area contributed by atoms with Crippen molar-refractivity contribution in [2.45, 2.75) is 26.6 Å². The van der Waals surface area contributed by atoms with E-state index in [0.29, 0.717) is 6.54 Å². The van der Waals surface area contributed by atoms with E-state index >= 15 is 0 Å². The van der Waals surface area contributed by atoms with Crippen molar-refractivity contribution < 1.29 is 18.0 Å². The largest absolute Gasteiger partial charge is 0.416 e. The first kappa shape index (κ1) is 22.1. The number of benzene rings is 2. The van der Waals surface area contributed by atoms with Crippen LogP contribution >= 0.6 is 0 Å². The third-order valence-electron chi connectivity index (χ3n) is 4.64. The summed E-state index contributed by atoms with van der Waals surface area (Å²) in [7, 11) is 0. The van der Waals surface area contributed by atoms with Crippen LogP contribution in [0, 0.1) is 13.8 Å². The van der Waals surface area contributed by atoms with Crippen LogP contribution in [0.3, 0.4) is 0 Å². The van der Waals surface area contributed by atoms with Crippen LogP contribution < -0.4 is 10.7 Å². The second-order valence-electron chi connectivity index (χ2n) is 6.95. The summed E-state index contributed by atoms with van der Waals surface area (Å²) in [6.07, 6.45) is -2.92. The lowest BCUT2D eigenvalue weighted by Crippen LogP contribution is -2.26. The van der Waals surface area contributed by atoms with Gasteiger partial charge >= 0.3 is 6.18 Å². The van der Waals surface area contributed by atoms with Crippen LogP contribution in [0.2, 0.25) is 0 Å². The molecule has 0 unspecified atom stereocenters. The molecule has 0 spiro atoms. The number of hydrogen-bond acceptors (Lipinski definition) is 4. The highest BCUT2D eigenvalue weighted by molar-refractivity contribution is 5.85. The average molecular weight is 429 g/mol. The number of aromatic nitrogens is 2. The maximum absolute atomic E-state index is 12.8. The predicted octanol–water partition coefficient (Wildman–Crippen LogP) is 4.13. The van der Waals surface area contributed by atoms with Crippen molar-refractivity contribution in [1.29, 1.82) is 0 Å². The Kier molecular flexibility index (Phi) is 6.74. The smallest absolute Gasteiger partial charge is 0.376 e. The van der Waals surface area contributed by atoms with E-state index in [9.17, 15) is 18.0 Å². The van der Waals surface area contributed by atoms with Gasteiger partial charge in [0.25, 0.3) is 5.91 Å². The molecule has 3 rings (SSSR count). The molecular formula is C22H22F3N5O. The van der Waals surface area contributed by atoms with Gasteiger partial charge in [-0.2, -0.15) is 23.4 Å². The number of rotatable bonds is 7. The third kappa shape index (κ3) is 5.94. The Hall–Kier alpha value is -3.62. The molecule has 162 valence electrons. The number of nitrogens with zero attached hydrogens (tertiary/aromatic N) is 3. The summed E-state index contributed by atoms with van der Waals surface area (Å²) in [4.78, 5) is 12.0. The molecular weight excluding hydrogens is 407 g/mol. The van der Waals surface area contributed by atoms with Gasteiger partial charge in [0.05, 0.1) is 30.6 Å². The molecule has 2 aromatic carbocycles. The van der Waals surface area contributed by atoms with Crippen LogP contribution in [0.5, 0.6) is 0 Å². The summed E-state index contributed by atoms with van der Waals surface area (Å²) < 4.78 is 40.1. The molecule has 1 amide bonds. The first-order chi connectivity index (χ1) is 14.7. The number of hydrogen-bond donors (Lipinski definition) is 2. The maximum atomic E-state index is 12.8. The van der Waals surface area contributed by atoms with Gasteiger partial charge in [-0.1, -0.05) is 36.4 Å². The van der Waals surface area contributed by atoms with Crippen molar-refractivity contribution in [2.75, 3.05) is 11.9 Å². The highest BCUT2D eigenvalue weighted by Crippen LogP contribution is 2.30. The van der Waals surface area contributed by atoms with E-state index in [2.05, 4.69) is 20.9 Å². The van der Waals surface area contributed by atoms with Crippen LogP contribution in [-0.4, -0.2) is 28.4 Å². The van der Waals surface area contributed by atoms with Crippen LogP contribution in [-0.2, 0) is 17.5 Å². The van der Waals surface area contributed by atoms with Gasteiger partial charge in [0.2, 0.25) is 0 Å². The van der Waals surface area contributed by atoms with Gasteiger partial charge in [0, 0.05) is 16.9 Å². The van der Waals surface area contributed by atoms with Crippen LogP contribution in [0.25, 0.3) is 0 Å². The molecule has 0 aliphatic heterocycles. The zero-order chi connectivity index (χ0) is 22.4. The van der Waals surface area contributed by atoms with Gasteiger partial charge in [-0.15, -0.1) is 0 Å². The monoisotopic (exact) mass is 429 g/mol. The number of nitrogens with one attached hydrogen (secondary N) is 2. The standard InChI is InChI=1S/C22H22F3N5O/c1-15-20(16(2)30(29-15)14-17-7-4-3-5-8-17)12-27-28-21(31)13-26-19-10-6-9-18(11-19)22(23,24)25/h3-12,26H,13-14H2,1-2H3,(H,28,31)/b27-12-. The van der Waals surface area contributed by atoms with Gasteiger partial charge < -0.3 is 5.32 Å². The normalized spacial score (nSPS) is 11.6. The molecule has 1 aromatic heterocycles. The zero-order valence-electron chi connectivity index (χ0n) is 17.1. The first-order valence-electron chi connectivity index (χ1n) is 9.55. The number of anilines is 1. The van der Waals surface area contributed by atoms with Crippen molar-refractivity contribution in [3.8, 4) is 0 Å². The van der Waals surface area contributed by atoms with Gasteiger partial charge in [0.1, 0.15) is 0 Å². The number of hydrazone groups is 1. The van der Waals surface area contributed by atoms with Crippen molar-refractivity contribution in [1.82, 2.24) is 15.2 Å². The number of carbonyl (C=O) groups excluding carboxylic acids is 1. The van der Waals surface area contributed by atoms with Crippen molar-refractivity contribution in [3.63, 3.8) is 0 Å². The number of carbonyl (C=O) groups is 1. The molecule has 0 bridgehead atoms. The third-order valence-corrected chi connectivity index (χ3v) is 4.64.